The number of amides is 1. The van der Waals surface area contributed by atoms with Crippen molar-refractivity contribution in [3.05, 3.63) is 34.9 Å². The van der Waals surface area contributed by atoms with Crippen LogP contribution in [0.15, 0.2) is 18.2 Å². The summed E-state index contributed by atoms with van der Waals surface area (Å²) in [5.41, 5.74) is -3.11. The fraction of sp³-hybridized carbons (Fsp3) is 0.562. The summed E-state index contributed by atoms with van der Waals surface area (Å²) in [7, 11) is 1.52. The van der Waals surface area contributed by atoms with E-state index in [1.165, 1.54) is 11.9 Å². The van der Waals surface area contributed by atoms with Crippen molar-refractivity contribution < 1.29 is 31.1 Å². The molecule has 140 valence electrons. The largest absolute Gasteiger partial charge is 0.416 e. The third-order valence-corrected chi connectivity index (χ3v) is 4.25. The van der Waals surface area contributed by atoms with Crippen LogP contribution in [0.3, 0.4) is 0 Å². The zero-order valence-electron chi connectivity index (χ0n) is 13.5. The van der Waals surface area contributed by atoms with Gasteiger partial charge in [-0.05, 0) is 49.7 Å². The van der Waals surface area contributed by atoms with Crippen molar-refractivity contribution in [2.24, 2.45) is 0 Å². The molecule has 0 spiro atoms. The molecule has 0 aliphatic carbocycles. The van der Waals surface area contributed by atoms with Crippen LogP contribution in [0.5, 0.6) is 0 Å². The van der Waals surface area contributed by atoms with Gasteiger partial charge in [0, 0.05) is 13.1 Å². The molecular weight excluding hydrogens is 350 g/mol. The first-order valence-corrected chi connectivity index (χ1v) is 7.73. The Kier molecular flexibility index (Phi) is 5.65. The van der Waals surface area contributed by atoms with Crippen molar-refractivity contribution in [3.8, 4) is 0 Å². The number of carbonyl (C=O) groups is 1. The van der Waals surface area contributed by atoms with Crippen molar-refractivity contribution in [1.82, 2.24) is 10.2 Å². The number of halogens is 6. The number of rotatable bonds is 3. The standard InChI is InChI=1S/C16H18F6N2O/c1-24(13-2-4-23-5-3-13)14(25)8-10-6-11(15(17,18)19)9-12(7-10)16(20,21)22/h6-7,9,13,23H,2-5,8H2,1H3. The fourth-order valence-corrected chi connectivity index (χ4v) is 2.82. The van der Waals surface area contributed by atoms with Crippen molar-refractivity contribution in [3.63, 3.8) is 0 Å². The van der Waals surface area contributed by atoms with Gasteiger partial charge in [0.05, 0.1) is 17.5 Å². The van der Waals surface area contributed by atoms with Crippen LogP contribution in [-0.2, 0) is 23.6 Å². The van der Waals surface area contributed by atoms with Crippen LogP contribution >= 0.6 is 0 Å². The molecule has 0 unspecified atom stereocenters. The Hall–Kier alpha value is -1.77. The van der Waals surface area contributed by atoms with Gasteiger partial charge in [0.1, 0.15) is 0 Å². The molecule has 25 heavy (non-hydrogen) atoms. The van der Waals surface area contributed by atoms with E-state index in [-0.39, 0.29) is 17.7 Å². The maximum Gasteiger partial charge on any atom is 0.416 e. The third-order valence-electron chi connectivity index (χ3n) is 4.25. The monoisotopic (exact) mass is 368 g/mol. The number of carbonyl (C=O) groups excluding carboxylic acids is 1. The molecule has 1 fully saturated rings. The molecule has 0 saturated carbocycles. The highest BCUT2D eigenvalue weighted by Crippen LogP contribution is 2.36. The molecular formula is C16H18F6N2O. The van der Waals surface area contributed by atoms with E-state index in [9.17, 15) is 31.1 Å². The normalized spacial score (nSPS) is 16.8. The van der Waals surface area contributed by atoms with Crippen LogP contribution in [-0.4, -0.2) is 37.0 Å². The summed E-state index contributed by atoms with van der Waals surface area (Å²) in [6.07, 6.45) is -8.95. The van der Waals surface area contributed by atoms with Crippen LogP contribution in [0.25, 0.3) is 0 Å². The summed E-state index contributed by atoms with van der Waals surface area (Å²) in [6, 6.07) is 1.19. The van der Waals surface area contributed by atoms with Crippen molar-refractivity contribution >= 4 is 5.91 Å². The van der Waals surface area contributed by atoms with Crippen LogP contribution in [0, 0.1) is 0 Å². The van der Waals surface area contributed by atoms with Crippen molar-refractivity contribution in [2.75, 3.05) is 20.1 Å². The number of nitrogens with zero attached hydrogens (tertiary/aromatic N) is 1. The number of hydrogen-bond donors (Lipinski definition) is 1. The van der Waals surface area contributed by atoms with Gasteiger partial charge in [-0.25, -0.2) is 0 Å². The highest BCUT2D eigenvalue weighted by molar-refractivity contribution is 5.79. The van der Waals surface area contributed by atoms with E-state index in [0.717, 1.165) is 0 Å². The Morgan fingerprint density at radius 2 is 1.52 bits per heavy atom. The maximum atomic E-state index is 12.9. The van der Waals surface area contributed by atoms with Gasteiger partial charge in [0.2, 0.25) is 5.91 Å². The van der Waals surface area contributed by atoms with Gasteiger partial charge in [-0.2, -0.15) is 26.3 Å². The van der Waals surface area contributed by atoms with Gasteiger partial charge in [0.25, 0.3) is 0 Å². The fourth-order valence-electron chi connectivity index (χ4n) is 2.82. The summed E-state index contributed by atoms with van der Waals surface area (Å²) >= 11 is 0. The summed E-state index contributed by atoms with van der Waals surface area (Å²) in [5.74, 6) is -0.501. The summed E-state index contributed by atoms with van der Waals surface area (Å²) < 4.78 is 77.1. The van der Waals surface area contributed by atoms with Gasteiger partial charge in [-0.3, -0.25) is 4.79 Å². The lowest BCUT2D eigenvalue weighted by atomic mass is 10.0. The molecule has 1 aromatic rings. The molecule has 0 bridgehead atoms. The first-order chi connectivity index (χ1) is 11.5. The number of alkyl halides is 6. The molecule has 0 atom stereocenters. The molecule has 1 saturated heterocycles. The molecule has 1 aliphatic heterocycles. The summed E-state index contributed by atoms with van der Waals surface area (Å²) in [6.45, 7) is 1.42. The highest BCUT2D eigenvalue weighted by atomic mass is 19.4. The average molecular weight is 368 g/mol. The van der Waals surface area contributed by atoms with Gasteiger partial charge in [0.15, 0.2) is 0 Å². The minimum absolute atomic E-state index is 0.0600. The van der Waals surface area contributed by atoms with E-state index in [2.05, 4.69) is 5.32 Å². The summed E-state index contributed by atoms with van der Waals surface area (Å²) in [4.78, 5) is 13.7. The van der Waals surface area contributed by atoms with Crippen LogP contribution < -0.4 is 5.32 Å². The Balaban J connectivity index is 2.24. The van der Waals surface area contributed by atoms with E-state index in [0.29, 0.717) is 38.1 Å². The van der Waals surface area contributed by atoms with E-state index < -0.39 is 35.8 Å². The number of hydrogen-bond acceptors (Lipinski definition) is 2. The second kappa shape index (κ2) is 7.23. The van der Waals surface area contributed by atoms with E-state index >= 15 is 0 Å². The highest BCUT2D eigenvalue weighted by Gasteiger charge is 2.37. The number of piperidine rings is 1. The Morgan fingerprint density at radius 3 is 1.96 bits per heavy atom. The first-order valence-electron chi connectivity index (χ1n) is 7.73. The maximum absolute atomic E-state index is 12.9. The predicted octanol–water partition coefficient (Wildman–Crippen LogP) is 3.48. The first kappa shape index (κ1) is 19.6. The number of likely N-dealkylation sites (N-methyl/N-ethyl adjacent to an activating group) is 1. The topological polar surface area (TPSA) is 32.3 Å². The molecule has 0 radical (unpaired) electrons. The SMILES string of the molecule is CN(C(=O)Cc1cc(C(F)(F)F)cc(C(F)(F)F)c1)C1CCNCC1. The van der Waals surface area contributed by atoms with Crippen LogP contribution in [0.2, 0.25) is 0 Å². The molecule has 3 nitrogen and oxygen atoms in total. The predicted molar refractivity (Wildman–Crippen MR) is 78.8 cm³/mol. The van der Waals surface area contributed by atoms with Gasteiger partial charge < -0.3 is 10.2 Å². The lowest BCUT2D eigenvalue weighted by Gasteiger charge is -2.31. The molecule has 0 aromatic heterocycles. The van der Waals surface area contributed by atoms with Crippen LogP contribution in [0.4, 0.5) is 26.3 Å². The zero-order valence-corrected chi connectivity index (χ0v) is 13.5. The minimum Gasteiger partial charge on any atom is -0.342 e. The second-order valence-electron chi connectivity index (χ2n) is 6.08. The molecule has 1 aliphatic rings. The number of benzene rings is 1. The smallest absolute Gasteiger partial charge is 0.342 e. The van der Waals surface area contributed by atoms with Gasteiger partial charge >= 0.3 is 12.4 Å². The third kappa shape index (κ3) is 5.10. The lowest BCUT2D eigenvalue weighted by Crippen LogP contribution is -2.44. The second-order valence-corrected chi connectivity index (χ2v) is 6.08. The molecule has 9 heteroatoms. The van der Waals surface area contributed by atoms with Crippen molar-refractivity contribution in [2.45, 2.75) is 37.7 Å². The zero-order chi connectivity index (χ0) is 18.8. The van der Waals surface area contributed by atoms with Crippen LogP contribution in [0.1, 0.15) is 29.5 Å². The summed E-state index contributed by atoms with van der Waals surface area (Å²) in [5, 5.41) is 3.12. The lowest BCUT2D eigenvalue weighted by molar-refractivity contribution is -0.143. The molecule has 1 amide bonds. The minimum atomic E-state index is -4.92. The quantitative estimate of drug-likeness (QED) is 0.829. The molecule has 2 rings (SSSR count). The Labute approximate surface area is 141 Å². The average Bonchev–Trinajstić information content (AvgIpc) is 2.53. The molecule has 1 aromatic carbocycles. The Bertz CT molecular complexity index is 588. The van der Waals surface area contributed by atoms with E-state index in [1.807, 2.05) is 0 Å². The van der Waals surface area contributed by atoms with E-state index in [4.69, 9.17) is 0 Å². The molecule has 1 N–H and O–H groups in total. The van der Waals surface area contributed by atoms with Gasteiger partial charge in [-0.1, -0.05) is 0 Å². The van der Waals surface area contributed by atoms with E-state index in [1.54, 1.807) is 0 Å². The van der Waals surface area contributed by atoms with Crippen molar-refractivity contribution in [1.29, 1.82) is 0 Å². The Morgan fingerprint density at radius 1 is 1.04 bits per heavy atom. The van der Waals surface area contributed by atoms with Gasteiger partial charge in [-0.15, -0.1) is 0 Å². The number of nitrogens with one attached hydrogen (secondary N) is 1. The molecule has 1 heterocycles.